The Hall–Kier alpha value is -9.42. The standard InChI is InChI=1S/C62H35N5/c63-36-49-60(65-51-25-11-7-21-45(51)46-22-8-12-26-52(46)65)50(37-64)62(67-54-28-14-10-24-48(54)59-44-20-6-4-17-40(44)32-34-56(59)67)57(42-30-29-38-15-1-2-18-41(38)35-42)61(49)66-53-27-13-9-23-47(53)58-43-19-5-3-16-39(43)31-33-55(58)66/h1-35H. The zero-order chi connectivity index (χ0) is 44.3. The van der Waals surface area contributed by atoms with Gasteiger partial charge in [0, 0.05) is 37.9 Å². The van der Waals surface area contributed by atoms with Crippen molar-refractivity contribution in [2.24, 2.45) is 0 Å². The SMILES string of the molecule is N#Cc1c(-n2c3ccccc3c3ccccc32)c(C#N)c(-n2c3ccccc3c3c4ccccc4ccc32)c(-c2ccc3ccccc3c2)c1-n1c2ccccc2c2c3ccccc3ccc21. The highest BCUT2D eigenvalue weighted by molar-refractivity contribution is 6.24. The van der Waals surface area contributed by atoms with Crippen molar-refractivity contribution in [1.82, 2.24) is 13.7 Å². The number of para-hydroxylation sites is 4. The predicted molar refractivity (Wildman–Crippen MR) is 277 cm³/mol. The van der Waals surface area contributed by atoms with Gasteiger partial charge in [-0.1, -0.05) is 170 Å². The maximum Gasteiger partial charge on any atom is 0.104 e. The van der Waals surface area contributed by atoms with Gasteiger partial charge in [0.1, 0.15) is 23.3 Å². The molecule has 0 spiro atoms. The number of benzene rings is 11. The van der Waals surface area contributed by atoms with Gasteiger partial charge in [0.25, 0.3) is 0 Å². The van der Waals surface area contributed by atoms with Gasteiger partial charge in [-0.05, 0) is 80.3 Å². The average molecular weight is 850 g/mol. The first-order chi connectivity index (χ1) is 33.2. The third-order valence-electron chi connectivity index (χ3n) is 14.1. The maximum absolute atomic E-state index is 12.2. The van der Waals surface area contributed by atoms with Crippen molar-refractivity contribution < 1.29 is 0 Å². The monoisotopic (exact) mass is 849 g/mol. The molecule has 0 aliphatic rings. The summed E-state index contributed by atoms with van der Waals surface area (Å²) in [4.78, 5) is 0. The summed E-state index contributed by atoms with van der Waals surface area (Å²) in [5.74, 6) is 0. The van der Waals surface area contributed by atoms with Crippen LogP contribution in [0.5, 0.6) is 0 Å². The molecule has 3 aromatic heterocycles. The van der Waals surface area contributed by atoms with E-state index < -0.39 is 0 Å². The predicted octanol–water partition coefficient (Wildman–Crippen LogP) is 15.8. The molecule has 0 saturated carbocycles. The molecule has 5 nitrogen and oxygen atoms in total. The Bertz CT molecular complexity index is 4300. The number of rotatable bonds is 4. The molecule has 67 heavy (non-hydrogen) atoms. The molecule has 0 radical (unpaired) electrons. The molecular weight excluding hydrogens is 815 g/mol. The summed E-state index contributed by atoms with van der Waals surface area (Å²) in [5, 5.41) is 37.6. The van der Waals surface area contributed by atoms with Gasteiger partial charge < -0.3 is 13.7 Å². The number of aromatic nitrogens is 3. The molecule has 0 fully saturated rings. The molecule has 0 unspecified atom stereocenters. The molecule has 0 bridgehead atoms. The van der Waals surface area contributed by atoms with Crippen LogP contribution in [0.25, 0.3) is 126 Å². The van der Waals surface area contributed by atoms with Crippen molar-refractivity contribution in [2.75, 3.05) is 0 Å². The number of hydrogen-bond acceptors (Lipinski definition) is 2. The smallest absolute Gasteiger partial charge is 0.104 e. The van der Waals surface area contributed by atoms with Crippen molar-refractivity contribution in [3.8, 4) is 40.3 Å². The van der Waals surface area contributed by atoms with Crippen molar-refractivity contribution in [3.63, 3.8) is 0 Å². The van der Waals surface area contributed by atoms with Crippen LogP contribution < -0.4 is 0 Å². The Kier molecular flexibility index (Phi) is 7.75. The maximum atomic E-state index is 12.2. The highest BCUT2D eigenvalue weighted by atomic mass is 15.1. The zero-order valence-corrected chi connectivity index (χ0v) is 35.9. The molecule has 11 aromatic carbocycles. The third kappa shape index (κ3) is 5.06. The van der Waals surface area contributed by atoms with Crippen LogP contribution in [-0.4, -0.2) is 13.7 Å². The van der Waals surface area contributed by atoms with Crippen molar-refractivity contribution in [2.45, 2.75) is 0 Å². The second-order valence-electron chi connectivity index (χ2n) is 17.4. The minimum atomic E-state index is 0.400. The average Bonchev–Trinajstić information content (AvgIpc) is 4.03. The fourth-order valence-corrected chi connectivity index (χ4v) is 11.3. The summed E-state index contributed by atoms with van der Waals surface area (Å²) >= 11 is 0. The van der Waals surface area contributed by atoms with E-state index in [1.807, 2.05) is 12.1 Å². The normalized spacial score (nSPS) is 11.9. The second-order valence-corrected chi connectivity index (χ2v) is 17.4. The summed E-state index contributed by atoms with van der Waals surface area (Å²) in [6, 6.07) is 80.2. The molecule has 14 aromatic rings. The number of nitrogens with zero attached hydrogens (tertiary/aromatic N) is 5. The van der Waals surface area contributed by atoms with E-state index in [9.17, 15) is 10.5 Å². The summed E-state index contributed by atoms with van der Waals surface area (Å²) in [7, 11) is 0. The highest BCUT2D eigenvalue weighted by Gasteiger charge is 2.33. The lowest BCUT2D eigenvalue weighted by Crippen LogP contribution is -2.14. The van der Waals surface area contributed by atoms with E-state index in [1.54, 1.807) is 0 Å². The topological polar surface area (TPSA) is 62.4 Å². The Morgan fingerprint density at radius 1 is 0.284 bits per heavy atom. The molecule has 308 valence electrons. The van der Waals surface area contributed by atoms with Gasteiger partial charge >= 0.3 is 0 Å². The fourth-order valence-electron chi connectivity index (χ4n) is 11.3. The molecule has 5 heteroatoms. The molecular formula is C62H35N5. The van der Waals surface area contributed by atoms with Gasteiger partial charge in [-0.25, -0.2) is 0 Å². The number of nitriles is 2. The number of hydrogen-bond donors (Lipinski definition) is 0. The highest BCUT2D eigenvalue weighted by Crippen LogP contribution is 2.50. The largest absolute Gasteiger partial charge is 0.307 e. The lowest BCUT2D eigenvalue weighted by atomic mass is 9.90. The van der Waals surface area contributed by atoms with E-state index in [0.29, 0.717) is 28.2 Å². The Balaban J connectivity index is 1.31. The lowest BCUT2D eigenvalue weighted by Gasteiger charge is -2.26. The van der Waals surface area contributed by atoms with Gasteiger partial charge in [-0.3, -0.25) is 0 Å². The first kappa shape index (κ1) is 37.0. The van der Waals surface area contributed by atoms with Gasteiger partial charge in [-0.15, -0.1) is 0 Å². The lowest BCUT2D eigenvalue weighted by molar-refractivity contribution is 1.08. The van der Waals surface area contributed by atoms with Crippen LogP contribution in [0.1, 0.15) is 11.1 Å². The molecule has 14 rings (SSSR count). The molecule has 0 aliphatic heterocycles. The first-order valence-corrected chi connectivity index (χ1v) is 22.6. The van der Waals surface area contributed by atoms with Crippen LogP contribution in [0.4, 0.5) is 0 Å². The van der Waals surface area contributed by atoms with Crippen molar-refractivity contribution >= 4 is 97.7 Å². The Labute approximate surface area is 384 Å². The molecule has 0 N–H and O–H groups in total. The van der Waals surface area contributed by atoms with Gasteiger partial charge in [-0.2, -0.15) is 10.5 Å². The molecule has 3 heterocycles. The van der Waals surface area contributed by atoms with Crippen LogP contribution in [-0.2, 0) is 0 Å². The van der Waals surface area contributed by atoms with Crippen molar-refractivity contribution in [1.29, 1.82) is 10.5 Å². The Morgan fingerprint density at radius 3 is 1.12 bits per heavy atom. The minimum Gasteiger partial charge on any atom is -0.307 e. The van der Waals surface area contributed by atoms with Crippen LogP contribution in [0, 0.1) is 22.7 Å². The van der Waals surface area contributed by atoms with Gasteiger partial charge in [0.05, 0.1) is 50.2 Å². The number of fused-ring (bicyclic) bond motifs is 14. The summed E-state index contributed by atoms with van der Waals surface area (Å²) in [5.41, 5.74) is 10.1. The third-order valence-corrected chi connectivity index (χ3v) is 14.1. The van der Waals surface area contributed by atoms with E-state index in [2.05, 4.69) is 226 Å². The minimum absolute atomic E-state index is 0.400. The quantitative estimate of drug-likeness (QED) is 0.177. The van der Waals surface area contributed by atoms with Crippen LogP contribution in [0.3, 0.4) is 0 Å². The molecule has 0 atom stereocenters. The molecule has 0 saturated heterocycles. The van der Waals surface area contributed by atoms with E-state index in [0.717, 1.165) is 109 Å². The van der Waals surface area contributed by atoms with E-state index in [1.165, 1.54) is 0 Å². The molecule has 0 aliphatic carbocycles. The van der Waals surface area contributed by atoms with Crippen LogP contribution in [0.2, 0.25) is 0 Å². The van der Waals surface area contributed by atoms with E-state index in [4.69, 9.17) is 0 Å². The summed E-state index contributed by atoms with van der Waals surface area (Å²) < 4.78 is 6.79. The zero-order valence-electron chi connectivity index (χ0n) is 35.9. The second kappa shape index (κ2) is 14.0. The van der Waals surface area contributed by atoms with E-state index in [-0.39, 0.29) is 0 Å². The van der Waals surface area contributed by atoms with E-state index >= 15 is 0 Å². The van der Waals surface area contributed by atoms with Gasteiger partial charge in [0.2, 0.25) is 0 Å². The summed E-state index contributed by atoms with van der Waals surface area (Å²) in [6.07, 6.45) is 0. The van der Waals surface area contributed by atoms with Gasteiger partial charge in [0.15, 0.2) is 0 Å². The van der Waals surface area contributed by atoms with Crippen molar-refractivity contribution in [3.05, 3.63) is 223 Å². The summed E-state index contributed by atoms with van der Waals surface area (Å²) in [6.45, 7) is 0. The van der Waals surface area contributed by atoms with Crippen LogP contribution >= 0.6 is 0 Å². The molecule has 0 amide bonds. The van der Waals surface area contributed by atoms with Crippen LogP contribution in [0.15, 0.2) is 212 Å². The fraction of sp³-hybridized carbons (Fsp3) is 0. The first-order valence-electron chi connectivity index (χ1n) is 22.6. The Morgan fingerprint density at radius 2 is 0.642 bits per heavy atom.